The molecule has 1 aliphatic rings. The third-order valence-corrected chi connectivity index (χ3v) is 4.39. The second kappa shape index (κ2) is 9.84. The molecule has 8 nitrogen and oxygen atoms in total. The molecule has 3 rings (SSSR count). The zero-order valence-electron chi connectivity index (χ0n) is 15.5. The molecule has 1 atom stereocenters. The van der Waals surface area contributed by atoms with Crippen LogP contribution in [0.4, 0.5) is 0 Å². The third-order valence-electron chi connectivity index (χ3n) is 4.39. The lowest BCUT2D eigenvalue weighted by atomic mass is 9.77. The SMILES string of the molecule is Cc1cc(Oc2ccnc(CCCCN)n2)cc2c1C(CC(=O)O)OB2O.Cl. The maximum absolute atomic E-state index is 11.0. The number of hydrogen-bond acceptors (Lipinski definition) is 7. The number of ether oxygens (including phenoxy) is 1. The number of carbonyl (C=O) groups is 1. The van der Waals surface area contributed by atoms with Crippen LogP contribution in [-0.4, -0.2) is 39.7 Å². The van der Waals surface area contributed by atoms with Crippen LogP contribution in [0.1, 0.15) is 42.3 Å². The zero-order chi connectivity index (χ0) is 19.4. The maximum Gasteiger partial charge on any atom is 0.492 e. The van der Waals surface area contributed by atoms with Crippen LogP contribution in [0.3, 0.4) is 0 Å². The fraction of sp³-hybridized carbons (Fsp3) is 0.389. The summed E-state index contributed by atoms with van der Waals surface area (Å²) in [7, 11) is -1.18. The van der Waals surface area contributed by atoms with E-state index in [1.807, 2.05) is 6.92 Å². The molecule has 10 heteroatoms. The molecule has 1 aliphatic heterocycles. The van der Waals surface area contributed by atoms with Gasteiger partial charge < -0.3 is 25.3 Å². The number of aromatic nitrogens is 2. The summed E-state index contributed by atoms with van der Waals surface area (Å²) in [5.41, 5.74) is 7.51. The molecule has 2 aromatic rings. The molecule has 2 heterocycles. The first-order valence-corrected chi connectivity index (χ1v) is 8.87. The Balaban J connectivity index is 0.00000280. The van der Waals surface area contributed by atoms with Crippen molar-refractivity contribution in [1.82, 2.24) is 9.97 Å². The molecule has 0 spiro atoms. The highest BCUT2D eigenvalue weighted by atomic mass is 35.5. The molecule has 28 heavy (non-hydrogen) atoms. The number of aliphatic carboxylic acids is 1. The molecular formula is C18H23BClN3O5. The van der Waals surface area contributed by atoms with E-state index < -0.39 is 19.2 Å². The normalized spacial score (nSPS) is 15.1. The molecule has 0 amide bonds. The quantitative estimate of drug-likeness (QED) is 0.444. The first kappa shape index (κ1) is 22.1. The minimum Gasteiger partial charge on any atom is -0.481 e. The van der Waals surface area contributed by atoms with E-state index in [4.69, 9.17) is 20.2 Å². The summed E-state index contributed by atoms with van der Waals surface area (Å²) >= 11 is 0. The number of halogens is 1. The smallest absolute Gasteiger partial charge is 0.481 e. The Hall–Kier alpha value is -2.20. The standard InChI is InChI=1S/C18H22BN3O5.ClH/c1-11-8-12(9-13-18(11)14(10-17(23)24)27-19(13)25)26-16-5-7-21-15(22-16)4-2-3-6-20;/h5,7-9,14,25H,2-4,6,10,20H2,1H3,(H,23,24);1H. The molecule has 0 saturated heterocycles. The Kier molecular flexibility index (Phi) is 7.76. The van der Waals surface area contributed by atoms with Crippen molar-refractivity contribution in [2.24, 2.45) is 5.73 Å². The van der Waals surface area contributed by atoms with Gasteiger partial charge in [0.05, 0.1) is 12.5 Å². The average molecular weight is 408 g/mol. The Morgan fingerprint density at radius 3 is 2.89 bits per heavy atom. The Morgan fingerprint density at radius 1 is 1.39 bits per heavy atom. The third kappa shape index (κ3) is 5.20. The largest absolute Gasteiger partial charge is 0.492 e. The van der Waals surface area contributed by atoms with E-state index in [-0.39, 0.29) is 18.8 Å². The lowest BCUT2D eigenvalue weighted by molar-refractivity contribution is -0.138. The molecule has 4 N–H and O–H groups in total. The summed E-state index contributed by atoms with van der Waals surface area (Å²) in [5.74, 6) is 0.603. The van der Waals surface area contributed by atoms with Crippen LogP contribution in [0.25, 0.3) is 0 Å². The van der Waals surface area contributed by atoms with E-state index in [9.17, 15) is 9.82 Å². The van der Waals surface area contributed by atoms with Gasteiger partial charge in [0.25, 0.3) is 0 Å². The van der Waals surface area contributed by atoms with Gasteiger partial charge in [-0.2, -0.15) is 4.98 Å². The van der Waals surface area contributed by atoms with Gasteiger partial charge in [0.15, 0.2) is 0 Å². The van der Waals surface area contributed by atoms with Gasteiger partial charge in [-0.25, -0.2) is 4.98 Å². The van der Waals surface area contributed by atoms with Crippen molar-refractivity contribution < 1.29 is 24.3 Å². The first-order valence-electron chi connectivity index (χ1n) is 8.87. The maximum atomic E-state index is 11.0. The number of carboxylic acid groups (broad SMARTS) is 1. The molecule has 1 unspecified atom stereocenters. The monoisotopic (exact) mass is 407 g/mol. The van der Waals surface area contributed by atoms with Crippen LogP contribution in [0.2, 0.25) is 0 Å². The van der Waals surface area contributed by atoms with Gasteiger partial charge in [-0.3, -0.25) is 4.79 Å². The van der Waals surface area contributed by atoms with Crippen LogP contribution in [-0.2, 0) is 15.9 Å². The van der Waals surface area contributed by atoms with Crippen LogP contribution >= 0.6 is 12.4 Å². The first-order chi connectivity index (χ1) is 13.0. The molecule has 0 radical (unpaired) electrons. The fourth-order valence-corrected chi connectivity index (χ4v) is 3.21. The number of hydrogen-bond donors (Lipinski definition) is 3. The topological polar surface area (TPSA) is 128 Å². The molecule has 1 aromatic carbocycles. The van der Waals surface area contributed by atoms with E-state index in [1.54, 1.807) is 24.4 Å². The van der Waals surface area contributed by atoms with Gasteiger partial charge in [0.1, 0.15) is 11.6 Å². The van der Waals surface area contributed by atoms with E-state index in [2.05, 4.69) is 9.97 Å². The van der Waals surface area contributed by atoms with Gasteiger partial charge in [-0.15, -0.1) is 12.4 Å². The zero-order valence-corrected chi connectivity index (χ0v) is 16.3. The number of unbranched alkanes of at least 4 members (excludes halogenated alkanes) is 1. The highest BCUT2D eigenvalue weighted by Gasteiger charge is 2.37. The van der Waals surface area contributed by atoms with E-state index in [0.717, 1.165) is 24.8 Å². The van der Waals surface area contributed by atoms with Crippen molar-refractivity contribution in [3.63, 3.8) is 0 Å². The number of nitrogens with zero attached hydrogens (tertiary/aromatic N) is 2. The molecular weight excluding hydrogens is 384 g/mol. The van der Waals surface area contributed by atoms with Gasteiger partial charge in [-0.05, 0) is 55.0 Å². The molecule has 0 fully saturated rings. The van der Waals surface area contributed by atoms with Crippen molar-refractivity contribution in [1.29, 1.82) is 0 Å². The molecule has 0 bridgehead atoms. The number of aryl methyl sites for hydroxylation is 2. The molecule has 0 aliphatic carbocycles. The second-order valence-electron chi connectivity index (χ2n) is 6.48. The molecule has 1 aromatic heterocycles. The van der Waals surface area contributed by atoms with Crippen molar-refractivity contribution in [2.45, 2.75) is 38.7 Å². The predicted octanol–water partition coefficient (Wildman–Crippen LogP) is 1.51. The molecule has 0 saturated carbocycles. The van der Waals surface area contributed by atoms with Gasteiger partial charge in [-0.1, -0.05) is 0 Å². The Labute approximate surface area is 169 Å². The number of rotatable bonds is 8. The van der Waals surface area contributed by atoms with Crippen LogP contribution < -0.4 is 15.9 Å². The summed E-state index contributed by atoms with van der Waals surface area (Å²) < 4.78 is 11.2. The lowest BCUT2D eigenvalue weighted by Crippen LogP contribution is -2.28. The van der Waals surface area contributed by atoms with Gasteiger partial charge >= 0.3 is 13.1 Å². The highest BCUT2D eigenvalue weighted by Crippen LogP contribution is 2.32. The van der Waals surface area contributed by atoms with Crippen molar-refractivity contribution >= 4 is 31.0 Å². The Morgan fingerprint density at radius 2 is 2.18 bits per heavy atom. The van der Waals surface area contributed by atoms with E-state index in [0.29, 0.717) is 35.0 Å². The van der Waals surface area contributed by atoms with Gasteiger partial charge in [0, 0.05) is 18.7 Å². The average Bonchev–Trinajstić information content (AvgIpc) is 2.91. The number of fused-ring (bicyclic) bond motifs is 1. The second-order valence-corrected chi connectivity index (χ2v) is 6.48. The van der Waals surface area contributed by atoms with Crippen LogP contribution in [0.15, 0.2) is 24.4 Å². The predicted molar refractivity (Wildman–Crippen MR) is 106 cm³/mol. The van der Waals surface area contributed by atoms with Crippen molar-refractivity contribution in [2.75, 3.05) is 6.54 Å². The van der Waals surface area contributed by atoms with E-state index in [1.165, 1.54) is 0 Å². The summed E-state index contributed by atoms with van der Waals surface area (Å²) in [4.78, 5) is 19.6. The Bertz CT molecular complexity index is 839. The lowest BCUT2D eigenvalue weighted by Gasteiger charge is -2.13. The summed E-state index contributed by atoms with van der Waals surface area (Å²) in [6.45, 7) is 2.47. The van der Waals surface area contributed by atoms with Crippen LogP contribution in [0, 0.1) is 6.92 Å². The fourth-order valence-electron chi connectivity index (χ4n) is 3.21. The van der Waals surface area contributed by atoms with Crippen molar-refractivity contribution in [3.05, 3.63) is 41.3 Å². The number of benzene rings is 1. The van der Waals surface area contributed by atoms with Gasteiger partial charge in [0.2, 0.25) is 5.88 Å². The number of carboxylic acids is 1. The molecule has 150 valence electrons. The summed E-state index contributed by atoms with van der Waals surface area (Å²) in [6.07, 6.45) is 3.31. The minimum atomic E-state index is -1.18. The van der Waals surface area contributed by atoms with Crippen LogP contribution in [0.5, 0.6) is 11.6 Å². The number of nitrogens with two attached hydrogens (primary N) is 1. The van der Waals surface area contributed by atoms with Crippen molar-refractivity contribution in [3.8, 4) is 11.6 Å². The summed E-state index contributed by atoms with van der Waals surface area (Å²) in [6, 6.07) is 5.10. The minimum absolute atomic E-state index is 0. The summed E-state index contributed by atoms with van der Waals surface area (Å²) in [5, 5.41) is 19.2. The highest BCUT2D eigenvalue weighted by molar-refractivity contribution is 6.62. The van der Waals surface area contributed by atoms with E-state index >= 15 is 0 Å².